The Morgan fingerprint density at radius 1 is 1.30 bits per heavy atom. The van der Waals surface area contributed by atoms with Crippen LogP contribution in [-0.2, 0) is 16.1 Å². The van der Waals surface area contributed by atoms with Gasteiger partial charge >= 0.3 is 5.97 Å². The van der Waals surface area contributed by atoms with Crippen molar-refractivity contribution in [3.8, 4) is 0 Å². The summed E-state index contributed by atoms with van der Waals surface area (Å²) < 4.78 is 6.91. The number of ether oxygens (including phenoxy) is 1. The van der Waals surface area contributed by atoms with Gasteiger partial charge in [0.2, 0.25) is 5.91 Å². The van der Waals surface area contributed by atoms with Gasteiger partial charge in [-0.2, -0.15) is 0 Å². The SMILES string of the molecule is CCCn1c(SCC(=O)Nc2sc(C)c(C)c2C(=O)OC)nnc1C(C)C. The Morgan fingerprint density at radius 3 is 2.59 bits per heavy atom. The number of nitrogens with one attached hydrogen (secondary N) is 1. The van der Waals surface area contributed by atoms with Crippen molar-refractivity contribution in [2.24, 2.45) is 0 Å². The van der Waals surface area contributed by atoms with E-state index in [0.717, 1.165) is 34.4 Å². The highest BCUT2D eigenvalue weighted by molar-refractivity contribution is 7.99. The molecule has 2 aromatic heterocycles. The van der Waals surface area contributed by atoms with Crippen LogP contribution in [0.25, 0.3) is 0 Å². The lowest BCUT2D eigenvalue weighted by molar-refractivity contribution is -0.113. The molecular formula is C18H26N4O3S2. The maximum atomic E-state index is 12.4. The van der Waals surface area contributed by atoms with Crippen LogP contribution in [0.2, 0.25) is 0 Å². The largest absolute Gasteiger partial charge is 0.465 e. The number of amides is 1. The number of methoxy groups -OCH3 is 1. The lowest BCUT2D eigenvalue weighted by Gasteiger charge is -2.10. The van der Waals surface area contributed by atoms with E-state index in [1.54, 1.807) is 0 Å². The zero-order chi connectivity index (χ0) is 20.1. The molecule has 27 heavy (non-hydrogen) atoms. The number of anilines is 1. The molecule has 0 atom stereocenters. The maximum absolute atomic E-state index is 12.4. The van der Waals surface area contributed by atoms with Crippen molar-refractivity contribution < 1.29 is 14.3 Å². The zero-order valence-electron chi connectivity index (χ0n) is 16.6. The van der Waals surface area contributed by atoms with Crippen LogP contribution in [0.5, 0.6) is 0 Å². The van der Waals surface area contributed by atoms with Crippen molar-refractivity contribution in [3.63, 3.8) is 0 Å². The highest BCUT2D eigenvalue weighted by Gasteiger charge is 2.22. The minimum atomic E-state index is -0.441. The third-order valence-electron chi connectivity index (χ3n) is 4.07. The molecule has 0 radical (unpaired) electrons. The Balaban J connectivity index is 2.10. The lowest BCUT2D eigenvalue weighted by atomic mass is 10.1. The fraction of sp³-hybridized carbons (Fsp3) is 0.556. The molecule has 0 aliphatic heterocycles. The van der Waals surface area contributed by atoms with E-state index in [0.29, 0.717) is 10.6 Å². The normalized spacial score (nSPS) is 11.1. The molecule has 0 aliphatic carbocycles. The molecule has 148 valence electrons. The van der Waals surface area contributed by atoms with Gasteiger partial charge in [-0.3, -0.25) is 4.79 Å². The molecule has 9 heteroatoms. The van der Waals surface area contributed by atoms with Gasteiger partial charge in [0.15, 0.2) is 5.16 Å². The molecule has 0 spiro atoms. The Labute approximate surface area is 167 Å². The van der Waals surface area contributed by atoms with E-state index in [-0.39, 0.29) is 17.6 Å². The fourth-order valence-corrected chi connectivity index (χ4v) is 4.46. The van der Waals surface area contributed by atoms with Gasteiger partial charge in [-0.05, 0) is 25.8 Å². The molecule has 0 aliphatic rings. The number of esters is 1. The summed E-state index contributed by atoms with van der Waals surface area (Å²) in [5.74, 6) is 0.757. The number of aryl methyl sites for hydroxylation is 1. The molecule has 0 saturated heterocycles. The lowest BCUT2D eigenvalue weighted by Crippen LogP contribution is -2.16. The summed E-state index contributed by atoms with van der Waals surface area (Å²) in [7, 11) is 1.34. The van der Waals surface area contributed by atoms with Crippen molar-refractivity contribution >= 4 is 40.0 Å². The van der Waals surface area contributed by atoms with Crippen LogP contribution >= 0.6 is 23.1 Å². The number of hydrogen-bond donors (Lipinski definition) is 1. The van der Waals surface area contributed by atoms with Gasteiger partial charge in [0.05, 0.1) is 18.4 Å². The Morgan fingerprint density at radius 2 is 2.00 bits per heavy atom. The number of carbonyl (C=O) groups excluding carboxylic acids is 2. The van der Waals surface area contributed by atoms with Gasteiger partial charge in [-0.1, -0.05) is 32.5 Å². The first-order chi connectivity index (χ1) is 12.8. The van der Waals surface area contributed by atoms with Gasteiger partial charge in [-0.25, -0.2) is 4.79 Å². The van der Waals surface area contributed by atoms with E-state index in [9.17, 15) is 9.59 Å². The number of nitrogens with zero attached hydrogens (tertiary/aromatic N) is 3. The minimum Gasteiger partial charge on any atom is -0.465 e. The van der Waals surface area contributed by atoms with Crippen molar-refractivity contribution in [1.82, 2.24) is 14.8 Å². The molecule has 0 bridgehead atoms. The number of aromatic nitrogens is 3. The molecule has 7 nitrogen and oxygen atoms in total. The highest BCUT2D eigenvalue weighted by Crippen LogP contribution is 2.33. The van der Waals surface area contributed by atoms with Crippen LogP contribution in [0.15, 0.2) is 5.16 Å². The van der Waals surface area contributed by atoms with E-state index < -0.39 is 5.97 Å². The second-order valence-corrected chi connectivity index (χ2v) is 8.63. The molecule has 2 aromatic rings. The van der Waals surface area contributed by atoms with Crippen LogP contribution in [0.4, 0.5) is 5.00 Å². The summed E-state index contributed by atoms with van der Waals surface area (Å²) in [6.45, 7) is 10.8. The average Bonchev–Trinajstić information content (AvgIpc) is 3.14. The number of thiophene rings is 1. The van der Waals surface area contributed by atoms with Crippen molar-refractivity contribution in [2.45, 2.75) is 58.7 Å². The molecule has 1 N–H and O–H groups in total. The molecule has 0 fully saturated rings. The molecule has 1 amide bonds. The quantitative estimate of drug-likeness (QED) is 0.523. The smallest absolute Gasteiger partial charge is 0.341 e. The van der Waals surface area contributed by atoms with Crippen molar-refractivity contribution in [1.29, 1.82) is 0 Å². The number of thioether (sulfide) groups is 1. The Hall–Kier alpha value is -1.87. The second-order valence-electron chi connectivity index (χ2n) is 6.46. The van der Waals surface area contributed by atoms with E-state index in [4.69, 9.17) is 4.74 Å². The number of hydrogen-bond acceptors (Lipinski definition) is 7. The molecule has 0 saturated carbocycles. The van der Waals surface area contributed by atoms with Crippen molar-refractivity contribution in [2.75, 3.05) is 18.2 Å². The van der Waals surface area contributed by atoms with Crippen LogP contribution in [0.3, 0.4) is 0 Å². The summed E-state index contributed by atoms with van der Waals surface area (Å²) in [6, 6.07) is 0. The third kappa shape index (κ3) is 4.90. The monoisotopic (exact) mass is 410 g/mol. The first-order valence-corrected chi connectivity index (χ1v) is 10.6. The predicted octanol–water partition coefficient (Wildman–Crippen LogP) is 4.01. The predicted molar refractivity (Wildman–Crippen MR) is 109 cm³/mol. The van der Waals surface area contributed by atoms with Crippen LogP contribution in [-0.4, -0.2) is 39.5 Å². The van der Waals surface area contributed by atoms with Gasteiger partial charge in [0.1, 0.15) is 10.8 Å². The van der Waals surface area contributed by atoms with E-state index in [2.05, 4.69) is 40.9 Å². The second kappa shape index (κ2) is 9.36. The Bertz CT molecular complexity index is 827. The topological polar surface area (TPSA) is 86.1 Å². The standard InChI is InChI=1S/C18H26N4O3S2/c1-7-8-22-15(10(2)3)20-21-18(22)26-9-13(23)19-16-14(17(24)25-6)11(4)12(5)27-16/h10H,7-9H2,1-6H3,(H,19,23). The van der Waals surface area contributed by atoms with Gasteiger partial charge in [0.25, 0.3) is 0 Å². The summed E-state index contributed by atoms with van der Waals surface area (Å²) in [5.41, 5.74) is 1.26. The fourth-order valence-electron chi connectivity index (χ4n) is 2.62. The first kappa shape index (κ1) is 21.4. The molecule has 0 aromatic carbocycles. The zero-order valence-corrected chi connectivity index (χ0v) is 18.2. The molecule has 2 heterocycles. The summed E-state index contributed by atoms with van der Waals surface area (Å²) >= 11 is 2.73. The third-order valence-corrected chi connectivity index (χ3v) is 6.16. The summed E-state index contributed by atoms with van der Waals surface area (Å²) in [5, 5.41) is 12.6. The molecule has 0 unspecified atom stereocenters. The van der Waals surface area contributed by atoms with E-state index in [1.165, 1.54) is 30.2 Å². The minimum absolute atomic E-state index is 0.191. The van der Waals surface area contributed by atoms with Crippen molar-refractivity contribution in [3.05, 3.63) is 21.8 Å². The highest BCUT2D eigenvalue weighted by atomic mass is 32.2. The Kier molecular flexibility index (Phi) is 7.43. The first-order valence-electron chi connectivity index (χ1n) is 8.84. The maximum Gasteiger partial charge on any atom is 0.341 e. The summed E-state index contributed by atoms with van der Waals surface area (Å²) in [6.07, 6.45) is 0.966. The average molecular weight is 411 g/mol. The van der Waals surface area contributed by atoms with E-state index in [1.807, 2.05) is 13.8 Å². The molecule has 2 rings (SSSR count). The molecular weight excluding hydrogens is 384 g/mol. The van der Waals surface area contributed by atoms with Crippen LogP contribution in [0, 0.1) is 13.8 Å². The van der Waals surface area contributed by atoms with Gasteiger partial charge < -0.3 is 14.6 Å². The number of rotatable bonds is 8. The van der Waals surface area contributed by atoms with E-state index >= 15 is 0 Å². The van der Waals surface area contributed by atoms with Crippen LogP contribution < -0.4 is 5.32 Å². The summed E-state index contributed by atoms with van der Waals surface area (Å²) in [4.78, 5) is 25.4. The van der Waals surface area contributed by atoms with Crippen LogP contribution in [0.1, 0.15) is 59.7 Å². The number of carbonyl (C=O) groups is 2. The van der Waals surface area contributed by atoms with Gasteiger partial charge in [0, 0.05) is 17.3 Å². The van der Waals surface area contributed by atoms with Gasteiger partial charge in [-0.15, -0.1) is 21.5 Å².